The molecule has 0 aliphatic rings. The molecular formula is C18H29N5O2. The minimum atomic E-state index is -0.150. The molecule has 0 aromatic carbocycles. The van der Waals surface area contributed by atoms with Crippen molar-refractivity contribution in [3.63, 3.8) is 0 Å². The van der Waals surface area contributed by atoms with Crippen LogP contribution in [0.4, 0.5) is 0 Å². The van der Waals surface area contributed by atoms with Gasteiger partial charge in [0, 0.05) is 17.8 Å². The number of esters is 1. The number of ether oxygens (including phenoxy) is 1. The lowest BCUT2D eigenvalue weighted by molar-refractivity contribution is -0.140. The van der Waals surface area contributed by atoms with Crippen molar-refractivity contribution in [1.29, 1.82) is 0 Å². The van der Waals surface area contributed by atoms with Gasteiger partial charge in [-0.2, -0.15) is 10.2 Å². The zero-order chi connectivity index (χ0) is 18.4. The maximum absolute atomic E-state index is 11.1. The molecule has 0 saturated heterocycles. The van der Waals surface area contributed by atoms with Crippen LogP contribution in [0.15, 0.2) is 12.1 Å². The number of carbonyl (C=O) groups excluding carboxylic acids is 1. The maximum atomic E-state index is 11.1. The second kappa shape index (κ2) is 8.80. The van der Waals surface area contributed by atoms with Crippen LogP contribution < -0.4 is 5.32 Å². The van der Waals surface area contributed by atoms with Crippen LogP contribution in [0.5, 0.6) is 0 Å². The number of carbonyl (C=O) groups is 1. The van der Waals surface area contributed by atoms with Crippen molar-refractivity contribution in [3.05, 3.63) is 34.9 Å². The molecule has 0 fully saturated rings. The molecule has 1 N–H and O–H groups in total. The molecule has 2 aromatic heterocycles. The van der Waals surface area contributed by atoms with E-state index in [-0.39, 0.29) is 12.3 Å². The van der Waals surface area contributed by atoms with Gasteiger partial charge in [0.15, 0.2) is 6.29 Å². The van der Waals surface area contributed by atoms with Crippen molar-refractivity contribution in [1.82, 2.24) is 24.9 Å². The van der Waals surface area contributed by atoms with E-state index in [0.717, 1.165) is 48.6 Å². The van der Waals surface area contributed by atoms with Gasteiger partial charge in [0.25, 0.3) is 0 Å². The fraction of sp³-hybridized carbons (Fsp3) is 0.611. The maximum Gasteiger partial charge on any atom is 0.305 e. The third kappa shape index (κ3) is 5.16. The quantitative estimate of drug-likeness (QED) is 0.557. The summed E-state index contributed by atoms with van der Waals surface area (Å²) >= 11 is 0. The topological polar surface area (TPSA) is 74.0 Å². The van der Waals surface area contributed by atoms with E-state index < -0.39 is 0 Å². The number of methoxy groups -OCH3 is 1. The van der Waals surface area contributed by atoms with Crippen LogP contribution >= 0.6 is 0 Å². The molecule has 0 amide bonds. The monoisotopic (exact) mass is 347 g/mol. The van der Waals surface area contributed by atoms with Crippen molar-refractivity contribution < 1.29 is 9.53 Å². The van der Waals surface area contributed by atoms with Crippen LogP contribution in [0.2, 0.25) is 0 Å². The second-order valence-corrected chi connectivity index (χ2v) is 6.46. The van der Waals surface area contributed by atoms with Crippen LogP contribution in [0.25, 0.3) is 0 Å². The SMILES string of the molecule is COC(=O)CCCCCNC(n1nc(C)cc1C)n1nc(C)cc1C. The van der Waals surface area contributed by atoms with Crippen LogP contribution in [0, 0.1) is 27.7 Å². The highest BCUT2D eigenvalue weighted by molar-refractivity contribution is 5.68. The van der Waals surface area contributed by atoms with Crippen LogP contribution in [0.1, 0.15) is 54.7 Å². The highest BCUT2D eigenvalue weighted by Gasteiger charge is 2.18. The summed E-state index contributed by atoms with van der Waals surface area (Å²) < 4.78 is 8.61. The van der Waals surface area contributed by atoms with Gasteiger partial charge in [-0.25, -0.2) is 9.36 Å². The summed E-state index contributed by atoms with van der Waals surface area (Å²) in [6.07, 6.45) is 3.13. The molecule has 0 unspecified atom stereocenters. The molecule has 2 aromatic rings. The molecule has 7 nitrogen and oxygen atoms in total. The first-order valence-corrected chi connectivity index (χ1v) is 8.78. The predicted octanol–water partition coefficient (Wildman–Crippen LogP) is 2.64. The first-order valence-electron chi connectivity index (χ1n) is 8.78. The fourth-order valence-electron chi connectivity index (χ4n) is 2.97. The molecular weight excluding hydrogens is 318 g/mol. The number of unbranched alkanes of at least 4 members (excludes halogenated alkanes) is 2. The smallest absolute Gasteiger partial charge is 0.305 e. The van der Waals surface area contributed by atoms with E-state index in [4.69, 9.17) is 0 Å². The Morgan fingerprint density at radius 1 is 1.04 bits per heavy atom. The molecule has 0 aliphatic heterocycles. The first kappa shape index (κ1) is 19.2. The molecule has 0 spiro atoms. The lowest BCUT2D eigenvalue weighted by atomic mass is 10.2. The van der Waals surface area contributed by atoms with Crippen molar-refractivity contribution in [2.75, 3.05) is 13.7 Å². The highest BCUT2D eigenvalue weighted by atomic mass is 16.5. The van der Waals surface area contributed by atoms with E-state index in [1.807, 2.05) is 23.2 Å². The Hall–Kier alpha value is -2.15. The van der Waals surface area contributed by atoms with E-state index in [1.165, 1.54) is 7.11 Å². The van der Waals surface area contributed by atoms with E-state index >= 15 is 0 Å². The van der Waals surface area contributed by atoms with Gasteiger partial charge in [-0.1, -0.05) is 6.42 Å². The van der Waals surface area contributed by atoms with Crippen LogP contribution in [-0.2, 0) is 9.53 Å². The van der Waals surface area contributed by atoms with E-state index in [2.05, 4.69) is 46.2 Å². The minimum Gasteiger partial charge on any atom is -0.469 e. The Morgan fingerprint density at radius 2 is 1.60 bits per heavy atom. The van der Waals surface area contributed by atoms with Crippen LogP contribution in [-0.4, -0.2) is 39.2 Å². The predicted molar refractivity (Wildman–Crippen MR) is 96.3 cm³/mol. The molecule has 0 bridgehead atoms. The molecule has 2 heterocycles. The van der Waals surface area contributed by atoms with E-state index in [9.17, 15) is 4.79 Å². The summed E-state index contributed by atoms with van der Waals surface area (Å²) in [5, 5.41) is 12.8. The molecule has 138 valence electrons. The second-order valence-electron chi connectivity index (χ2n) is 6.46. The minimum absolute atomic E-state index is 0.142. The first-order chi connectivity index (χ1) is 11.9. The highest BCUT2D eigenvalue weighted by Crippen LogP contribution is 2.15. The zero-order valence-corrected chi connectivity index (χ0v) is 15.9. The molecule has 2 rings (SSSR count). The van der Waals surface area contributed by atoms with E-state index in [1.54, 1.807) is 0 Å². The molecule has 0 saturated carbocycles. The Labute approximate surface area is 149 Å². The van der Waals surface area contributed by atoms with Crippen molar-refractivity contribution >= 4 is 5.97 Å². The van der Waals surface area contributed by atoms with Crippen molar-refractivity contribution in [3.8, 4) is 0 Å². The Kier molecular flexibility index (Phi) is 6.75. The van der Waals surface area contributed by atoms with Gasteiger partial charge in [0.1, 0.15) is 0 Å². The number of rotatable bonds is 9. The van der Waals surface area contributed by atoms with Gasteiger partial charge in [-0.05, 0) is 59.2 Å². The lowest BCUT2D eigenvalue weighted by Crippen LogP contribution is -2.36. The van der Waals surface area contributed by atoms with E-state index in [0.29, 0.717) is 6.42 Å². The summed E-state index contributed by atoms with van der Waals surface area (Å²) in [6.45, 7) is 8.92. The molecule has 0 atom stereocenters. The van der Waals surface area contributed by atoms with Gasteiger partial charge in [-0.15, -0.1) is 0 Å². The number of aromatic nitrogens is 4. The van der Waals surface area contributed by atoms with Crippen molar-refractivity contribution in [2.45, 2.75) is 59.7 Å². The van der Waals surface area contributed by atoms with Gasteiger partial charge in [0.05, 0.1) is 18.5 Å². The molecule has 0 aliphatic carbocycles. The lowest BCUT2D eigenvalue weighted by Gasteiger charge is -2.22. The normalized spacial score (nSPS) is 11.3. The molecule has 7 heteroatoms. The number of hydrogen-bond donors (Lipinski definition) is 1. The number of nitrogens with zero attached hydrogens (tertiary/aromatic N) is 4. The third-order valence-corrected chi connectivity index (χ3v) is 4.16. The molecule has 0 radical (unpaired) electrons. The summed E-state index contributed by atoms with van der Waals surface area (Å²) in [5.74, 6) is -0.142. The number of hydrogen-bond acceptors (Lipinski definition) is 5. The third-order valence-electron chi connectivity index (χ3n) is 4.16. The summed E-state index contributed by atoms with van der Waals surface area (Å²) in [5.41, 5.74) is 4.16. The van der Waals surface area contributed by atoms with Gasteiger partial charge in [-0.3, -0.25) is 10.1 Å². The number of nitrogens with one attached hydrogen (secondary N) is 1. The Balaban J connectivity index is 2.00. The average Bonchev–Trinajstić information content (AvgIpc) is 3.07. The summed E-state index contributed by atoms with van der Waals surface area (Å²) in [7, 11) is 1.43. The number of aryl methyl sites for hydroxylation is 4. The Bertz CT molecular complexity index is 658. The average molecular weight is 347 g/mol. The van der Waals surface area contributed by atoms with Gasteiger partial charge < -0.3 is 4.74 Å². The largest absolute Gasteiger partial charge is 0.469 e. The standard InChI is InChI=1S/C18H29N5O2/c1-13-11-15(3)22(20-13)18(23-16(4)12-14(2)21-23)19-10-8-6-7-9-17(24)25-5/h11-12,18-19H,6-10H2,1-5H3. The van der Waals surface area contributed by atoms with Gasteiger partial charge >= 0.3 is 5.97 Å². The zero-order valence-electron chi connectivity index (χ0n) is 15.9. The summed E-state index contributed by atoms with van der Waals surface area (Å²) in [4.78, 5) is 11.1. The van der Waals surface area contributed by atoms with Crippen LogP contribution in [0.3, 0.4) is 0 Å². The van der Waals surface area contributed by atoms with Gasteiger partial charge in [0.2, 0.25) is 0 Å². The Morgan fingerprint density at radius 3 is 2.04 bits per heavy atom. The fourth-order valence-corrected chi connectivity index (χ4v) is 2.97. The van der Waals surface area contributed by atoms with Crippen molar-refractivity contribution in [2.24, 2.45) is 0 Å². The molecule has 25 heavy (non-hydrogen) atoms. The summed E-state index contributed by atoms with van der Waals surface area (Å²) in [6, 6.07) is 4.13.